The van der Waals surface area contributed by atoms with E-state index < -0.39 is 0 Å². The summed E-state index contributed by atoms with van der Waals surface area (Å²) in [5.41, 5.74) is 2.37. The van der Waals surface area contributed by atoms with Crippen molar-refractivity contribution < 1.29 is 9.53 Å². The van der Waals surface area contributed by atoms with Crippen molar-refractivity contribution in [3.8, 4) is 5.75 Å². The van der Waals surface area contributed by atoms with Crippen LogP contribution in [0.5, 0.6) is 5.75 Å². The van der Waals surface area contributed by atoms with Gasteiger partial charge < -0.3 is 4.74 Å². The normalized spacial score (nSPS) is 15.6. The maximum absolute atomic E-state index is 12.6. The van der Waals surface area contributed by atoms with Crippen LogP contribution in [-0.2, 0) is 0 Å². The van der Waals surface area contributed by atoms with Crippen LogP contribution in [0.1, 0.15) is 15.9 Å². The lowest BCUT2D eigenvalue weighted by Crippen LogP contribution is -2.18. The third-order valence-electron chi connectivity index (χ3n) is 3.96. The number of para-hydroxylation sites is 1. The Morgan fingerprint density at radius 3 is 2.59 bits per heavy atom. The molecule has 0 aromatic heterocycles. The summed E-state index contributed by atoms with van der Waals surface area (Å²) < 4.78 is 5.70. The number of fused-ring (bicyclic) bond motifs is 2. The largest absolute Gasteiger partial charge is 0.488 e. The van der Waals surface area contributed by atoms with Crippen molar-refractivity contribution in [3.63, 3.8) is 0 Å². The van der Waals surface area contributed by atoms with E-state index in [-0.39, 0.29) is 5.78 Å². The van der Waals surface area contributed by atoms with Gasteiger partial charge in [-0.15, -0.1) is 0 Å². The lowest BCUT2D eigenvalue weighted by Gasteiger charge is -2.18. The van der Waals surface area contributed by atoms with Gasteiger partial charge in [0.05, 0.1) is 5.56 Å². The number of ketones is 1. The first-order valence-corrected chi connectivity index (χ1v) is 7.28. The third-order valence-corrected chi connectivity index (χ3v) is 3.96. The summed E-state index contributed by atoms with van der Waals surface area (Å²) in [6, 6.07) is 21.7. The standard InChI is InChI=1S/C20H14O2/c21-20-16(13-22-19-11-4-3-10-18(19)20)12-15-8-5-7-14-6-1-2-9-17(14)15/h1-12H,13H2/b16-12+. The Bertz CT molecular complexity index is 901. The van der Waals surface area contributed by atoms with Crippen molar-refractivity contribution in [2.75, 3.05) is 6.61 Å². The fourth-order valence-electron chi connectivity index (χ4n) is 2.85. The molecule has 106 valence electrons. The highest BCUT2D eigenvalue weighted by Gasteiger charge is 2.22. The molecule has 1 aliphatic heterocycles. The van der Waals surface area contributed by atoms with Crippen LogP contribution in [0.4, 0.5) is 0 Å². The number of hydrogen-bond acceptors (Lipinski definition) is 2. The van der Waals surface area contributed by atoms with Gasteiger partial charge in [0.15, 0.2) is 5.78 Å². The van der Waals surface area contributed by atoms with Gasteiger partial charge in [-0.2, -0.15) is 0 Å². The van der Waals surface area contributed by atoms with Gasteiger partial charge in [0.1, 0.15) is 12.4 Å². The molecule has 0 fully saturated rings. The van der Waals surface area contributed by atoms with E-state index in [4.69, 9.17) is 4.74 Å². The molecule has 0 atom stereocenters. The van der Waals surface area contributed by atoms with E-state index >= 15 is 0 Å². The molecule has 0 bridgehead atoms. The van der Waals surface area contributed by atoms with Crippen molar-refractivity contribution >= 4 is 22.6 Å². The van der Waals surface area contributed by atoms with E-state index in [0.717, 1.165) is 10.9 Å². The monoisotopic (exact) mass is 286 g/mol. The Labute approximate surface area is 128 Å². The highest BCUT2D eigenvalue weighted by Crippen LogP contribution is 2.29. The molecule has 0 N–H and O–H groups in total. The zero-order valence-corrected chi connectivity index (χ0v) is 12.0. The van der Waals surface area contributed by atoms with Crippen molar-refractivity contribution in [2.45, 2.75) is 0 Å². The van der Waals surface area contributed by atoms with Crippen LogP contribution in [0.25, 0.3) is 16.8 Å². The number of Topliss-reactive ketones (excluding diaryl/α,β-unsaturated/α-hetero) is 1. The van der Waals surface area contributed by atoms with E-state index in [1.165, 1.54) is 5.39 Å². The minimum Gasteiger partial charge on any atom is -0.488 e. The number of benzene rings is 3. The zero-order valence-electron chi connectivity index (χ0n) is 12.0. The topological polar surface area (TPSA) is 26.3 Å². The predicted molar refractivity (Wildman–Crippen MR) is 88.2 cm³/mol. The lowest BCUT2D eigenvalue weighted by molar-refractivity contribution is 0.100. The maximum Gasteiger partial charge on any atom is 0.196 e. The summed E-state index contributed by atoms with van der Waals surface area (Å²) in [5.74, 6) is 0.720. The minimum atomic E-state index is 0.0507. The van der Waals surface area contributed by atoms with Gasteiger partial charge in [-0.25, -0.2) is 0 Å². The van der Waals surface area contributed by atoms with E-state index in [2.05, 4.69) is 18.2 Å². The average Bonchev–Trinajstić information content (AvgIpc) is 2.58. The summed E-state index contributed by atoms with van der Waals surface area (Å²) in [6.45, 7) is 0.319. The molecule has 0 unspecified atom stereocenters. The molecular weight excluding hydrogens is 272 g/mol. The number of ether oxygens (including phenoxy) is 1. The number of carbonyl (C=O) groups is 1. The second kappa shape index (κ2) is 5.15. The van der Waals surface area contributed by atoms with Gasteiger partial charge in [-0.05, 0) is 34.5 Å². The van der Waals surface area contributed by atoms with Crippen molar-refractivity contribution in [3.05, 3.63) is 83.4 Å². The van der Waals surface area contributed by atoms with Crippen LogP contribution < -0.4 is 4.74 Å². The molecule has 0 saturated heterocycles. The Balaban J connectivity index is 1.82. The predicted octanol–water partition coefficient (Wildman–Crippen LogP) is 4.50. The molecule has 0 saturated carbocycles. The second-order valence-corrected chi connectivity index (χ2v) is 5.35. The van der Waals surface area contributed by atoms with Crippen molar-refractivity contribution in [1.82, 2.24) is 0 Å². The van der Waals surface area contributed by atoms with Gasteiger partial charge >= 0.3 is 0 Å². The summed E-state index contributed by atoms with van der Waals surface area (Å²) in [7, 11) is 0. The van der Waals surface area contributed by atoms with E-state index in [0.29, 0.717) is 23.5 Å². The van der Waals surface area contributed by atoms with Crippen LogP contribution in [-0.4, -0.2) is 12.4 Å². The Hall–Kier alpha value is -2.87. The Morgan fingerprint density at radius 1 is 0.864 bits per heavy atom. The summed E-state index contributed by atoms with van der Waals surface area (Å²) in [4.78, 5) is 12.6. The first-order chi connectivity index (χ1) is 10.8. The first kappa shape index (κ1) is 12.8. The third kappa shape index (κ3) is 2.09. The summed E-state index contributed by atoms with van der Waals surface area (Å²) in [6.07, 6.45) is 1.95. The van der Waals surface area contributed by atoms with E-state index in [1.54, 1.807) is 0 Å². The summed E-state index contributed by atoms with van der Waals surface area (Å²) in [5, 5.41) is 2.31. The van der Waals surface area contributed by atoms with Crippen molar-refractivity contribution in [1.29, 1.82) is 0 Å². The molecule has 2 nitrogen and oxygen atoms in total. The molecule has 3 aromatic rings. The van der Waals surface area contributed by atoms with Gasteiger partial charge in [0, 0.05) is 5.57 Å². The Kier molecular flexibility index (Phi) is 3.01. The molecule has 2 heteroatoms. The van der Waals surface area contributed by atoms with Gasteiger partial charge in [0.2, 0.25) is 0 Å². The molecule has 1 aliphatic rings. The fourth-order valence-corrected chi connectivity index (χ4v) is 2.85. The number of hydrogen-bond donors (Lipinski definition) is 0. The number of rotatable bonds is 1. The molecule has 0 amide bonds. The zero-order chi connectivity index (χ0) is 14.9. The average molecular weight is 286 g/mol. The Morgan fingerprint density at radius 2 is 1.64 bits per heavy atom. The fraction of sp³-hybridized carbons (Fsp3) is 0.0500. The SMILES string of the molecule is O=C1/C(=C/c2cccc3ccccc23)COc2ccccc21. The molecule has 3 aromatic carbocycles. The van der Waals surface area contributed by atoms with Crippen LogP contribution in [0, 0.1) is 0 Å². The molecular formula is C20H14O2. The van der Waals surface area contributed by atoms with Crippen LogP contribution >= 0.6 is 0 Å². The molecule has 0 aliphatic carbocycles. The summed E-state index contributed by atoms with van der Waals surface area (Å²) >= 11 is 0. The first-order valence-electron chi connectivity index (χ1n) is 7.28. The highest BCUT2D eigenvalue weighted by atomic mass is 16.5. The maximum atomic E-state index is 12.6. The molecule has 4 rings (SSSR count). The van der Waals surface area contributed by atoms with Crippen LogP contribution in [0.2, 0.25) is 0 Å². The van der Waals surface area contributed by atoms with Crippen molar-refractivity contribution in [2.24, 2.45) is 0 Å². The molecule has 22 heavy (non-hydrogen) atoms. The van der Waals surface area contributed by atoms with Gasteiger partial charge in [-0.3, -0.25) is 4.79 Å². The minimum absolute atomic E-state index is 0.0507. The van der Waals surface area contributed by atoms with E-state index in [9.17, 15) is 4.79 Å². The van der Waals surface area contributed by atoms with Crippen LogP contribution in [0.15, 0.2) is 72.3 Å². The van der Waals surface area contributed by atoms with Gasteiger partial charge in [-0.1, -0.05) is 54.6 Å². The smallest absolute Gasteiger partial charge is 0.196 e. The number of carbonyl (C=O) groups excluding carboxylic acids is 1. The van der Waals surface area contributed by atoms with Crippen LogP contribution in [0.3, 0.4) is 0 Å². The lowest BCUT2D eigenvalue weighted by atomic mass is 9.96. The second-order valence-electron chi connectivity index (χ2n) is 5.35. The quantitative estimate of drug-likeness (QED) is 0.616. The highest BCUT2D eigenvalue weighted by molar-refractivity contribution is 6.14. The van der Waals surface area contributed by atoms with E-state index in [1.807, 2.05) is 54.6 Å². The molecule has 1 heterocycles. The van der Waals surface area contributed by atoms with Gasteiger partial charge in [0.25, 0.3) is 0 Å². The molecule has 0 radical (unpaired) electrons. The molecule has 0 spiro atoms.